The van der Waals surface area contributed by atoms with Crippen LogP contribution in [0.25, 0.3) is 5.70 Å². The molecule has 0 saturated heterocycles. The fourth-order valence-electron chi connectivity index (χ4n) is 3.19. The Morgan fingerprint density at radius 1 is 1.17 bits per heavy atom. The third-order valence-corrected chi connectivity index (χ3v) is 4.53. The van der Waals surface area contributed by atoms with Crippen LogP contribution in [0.5, 0.6) is 11.5 Å². The van der Waals surface area contributed by atoms with Gasteiger partial charge in [0.2, 0.25) is 0 Å². The van der Waals surface area contributed by atoms with E-state index in [2.05, 4.69) is 10.6 Å². The molecule has 0 bridgehead atoms. The van der Waals surface area contributed by atoms with Crippen molar-refractivity contribution < 1.29 is 14.6 Å². The second-order valence-corrected chi connectivity index (χ2v) is 6.03. The molecule has 1 unspecified atom stereocenters. The molecule has 120 valence electrons. The van der Waals surface area contributed by atoms with Gasteiger partial charge in [-0.1, -0.05) is 24.3 Å². The van der Waals surface area contributed by atoms with Gasteiger partial charge in [-0.05, 0) is 24.4 Å². The topological polar surface area (TPSA) is 70.6 Å². The van der Waals surface area contributed by atoms with Crippen LogP contribution in [0.3, 0.4) is 0 Å². The monoisotopic (exact) mass is 338 g/mol. The lowest BCUT2D eigenvalue weighted by molar-refractivity contribution is 0.103. The summed E-state index contributed by atoms with van der Waals surface area (Å²) in [4.78, 5) is 12.9. The smallest absolute Gasteiger partial charge is 0.194 e. The predicted molar refractivity (Wildman–Crippen MR) is 94.0 cm³/mol. The van der Waals surface area contributed by atoms with Gasteiger partial charge in [-0.15, -0.1) is 0 Å². The molecule has 2 aliphatic rings. The number of carbonyl (C=O) groups is 1. The van der Waals surface area contributed by atoms with Crippen molar-refractivity contribution in [2.24, 2.45) is 0 Å². The molecular weight excluding hydrogens is 324 g/mol. The van der Waals surface area contributed by atoms with Gasteiger partial charge in [-0.25, -0.2) is 0 Å². The number of thiocarbonyl (C=S) groups is 1. The fraction of sp³-hybridized carbons (Fsp3) is 0.111. The molecule has 5 nitrogen and oxygen atoms in total. The van der Waals surface area contributed by atoms with Gasteiger partial charge in [0.1, 0.15) is 11.5 Å². The molecule has 4 rings (SSSR count). The molecule has 1 atom stereocenters. The van der Waals surface area contributed by atoms with E-state index in [4.69, 9.17) is 17.0 Å². The maximum atomic E-state index is 12.9. The van der Waals surface area contributed by atoms with E-state index in [1.54, 1.807) is 18.2 Å². The number of hydrogen-bond acceptors (Lipinski definition) is 4. The molecule has 0 aromatic heterocycles. The van der Waals surface area contributed by atoms with Crippen molar-refractivity contribution in [3.63, 3.8) is 0 Å². The largest absolute Gasteiger partial charge is 0.507 e. The molecule has 0 spiro atoms. The SMILES string of the molecule is COc1ccc(C2NC(=S)NC3=C2C(=O)c2ccccc23)c(O)c1. The average molecular weight is 338 g/mol. The third-order valence-electron chi connectivity index (χ3n) is 4.31. The minimum atomic E-state index is -0.514. The number of methoxy groups -OCH3 is 1. The van der Waals surface area contributed by atoms with E-state index < -0.39 is 6.04 Å². The Morgan fingerprint density at radius 3 is 2.62 bits per heavy atom. The summed E-state index contributed by atoms with van der Waals surface area (Å²) in [6.07, 6.45) is 0. The van der Waals surface area contributed by atoms with E-state index in [1.165, 1.54) is 13.2 Å². The number of ether oxygens (including phenoxy) is 1. The lowest BCUT2D eigenvalue weighted by Gasteiger charge is -2.29. The maximum absolute atomic E-state index is 12.9. The fourth-order valence-corrected chi connectivity index (χ4v) is 3.41. The number of fused-ring (bicyclic) bond motifs is 2. The highest BCUT2D eigenvalue weighted by Gasteiger charge is 2.39. The van der Waals surface area contributed by atoms with E-state index in [1.807, 2.05) is 18.2 Å². The minimum Gasteiger partial charge on any atom is -0.507 e. The summed E-state index contributed by atoms with van der Waals surface area (Å²) < 4.78 is 5.12. The summed E-state index contributed by atoms with van der Waals surface area (Å²) >= 11 is 5.29. The van der Waals surface area contributed by atoms with Crippen LogP contribution in [-0.4, -0.2) is 23.1 Å². The van der Waals surface area contributed by atoms with Crippen LogP contribution in [0.2, 0.25) is 0 Å². The van der Waals surface area contributed by atoms with E-state index >= 15 is 0 Å². The molecule has 6 heteroatoms. The van der Waals surface area contributed by atoms with Crippen LogP contribution in [0.1, 0.15) is 27.5 Å². The van der Waals surface area contributed by atoms with Crippen molar-refractivity contribution in [2.45, 2.75) is 6.04 Å². The van der Waals surface area contributed by atoms with Crippen LogP contribution >= 0.6 is 12.2 Å². The number of hydrogen-bond donors (Lipinski definition) is 3. The van der Waals surface area contributed by atoms with Gasteiger partial charge < -0.3 is 20.5 Å². The van der Waals surface area contributed by atoms with Gasteiger partial charge in [0, 0.05) is 22.8 Å². The number of nitrogens with one attached hydrogen (secondary N) is 2. The molecule has 0 amide bonds. The molecule has 1 aliphatic carbocycles. The molecule has 2 aromatic carbocycles. The molecule has 2 aromatic rings. The molecular formula is C18H14N2O3S. The highest BCUT2D eigenvalue weighted by molar-refractivity contribution is 7.80. The molecule has 1 heterocycles. The average Bonchev–Trinajstić information content (AvgIpc) is 2.87. The standard InChI is InChI=1S/C18H14N2O3S/c1-23-9-6-7-12(13(21)8-9)16-14-15(19-18(24)20-16)10-4-2-3-5-11(10)17(14)22/h2-8,16,21H,1H3,(H2,19,20,24). The van der Waals surface area contributed by atoms with Crippen molar-refractivity contribution in [1.29, 1.82) is 0 Å². The zero-order valence-corrected chi connectivity index (χ0v) is 13.6. The second-order valence-electron chi connectivity index (χ2n) is 5.62. The lowest BCUT2D eigenvalue weighted by Crippen LogP contribution is -2.43. The van der Waals surface area contributed by atoms with E-state index in [9.17, 15) is 9.90 Å². The zero-order chi connectivity index (χ0) is 16.8. The first-order valence-corrected chi connectivity index (χ1v) is 7.83. The van der Waals surface area contributed by atoms with Gasteiger partial charge in [-0.3, -0.25) is 4.79 Å². The van der Waals surface area contributed by atoms with E-state index in [0.717, 1.165) is 5.56 Å². The Bertz CT molecular complexity index is 920. The minimum absolute atomic E-state index is 0.0483. The van der Waals surface area contributed by atoms with Crippen molar-refractivity contribution in [2.75, 3.05) is 7.11 Å². The number of Topliss-reactive ketones (excluding diaryl/α,β-unsaturated/α-hetero) is 1. The Labute approximate surface area is 144 Å². The Balaban J connectivity index is 1.87. The maximum Gasteiger partial charge on any atom is 0.194 e. The van der Waals surface area contributed by atoms with Crippen LogP contribution in [0, 0.1) is 0 Å². The van der Waals surface area contributed by atoms with Crippen LogP contribution in [0.15, 0.2) is 48.0 Å². The van der Waals surface area contributed by atoms with Gasteiger partial charge in [0.15, 0.2) is 10.9 Å². The van der Waals surface area contributed by atoms with Crippen LogP contribution in [-0.2, 0) is 0 Å². The molecule has 24 heavy (non-hydrogen) atoms. The number of rotatable bonds is 2. The Morgan fingerprint density at radius 2 is 1.92 bits per heavy atom. The van der Waals surface area contributed by atoms with Crippen molar-refractivity contribution in [3.05, 3.63) is 64.7 Å². The summed E-state index contributed by atoms with van der Waals surface area (Å²) in [6.45, 7) is 0. The summed E-state index contributed by atoms with van der Waals surface area (Å²) in [6, 6.07) is 11.9. The summed E-state index contributed by atoms with van der Waals surface area (Å²) in [5, 5.41) is 16.9. The zero-order valence-electron chi connectivity index (χ0n) is 12.8. The number of phenols is 1. The molecule has 0 fully saturated rings. The summed E-state index contributed by atoms with van der Waals surface area (Å²) in [5.41, 5.74) is 3.32. The van der Waals surface area contributed by atoms with E-state index in [0.29, 0.717) is 33.3 Å². The lowest BCUT2D eigenvalue weighted by atomic mass is 9.93. The number of benzene rings is 2. The third kappa shape index (κ3) is 2.07. The van der Waals surface area contributed by atoms with Gasteiger partial charge in [0.05, 0.1) is 24.4 Å². The van der Waals surface area contributed by atoms with Gasteiger partial charge >= 0.3 is 0 Å². The molecule has 1 aliphatic heterocycles. The molecule has 0 saturated carbocycles. The summed E-state index contributed by atoms with van der Waals surface area (Å²) in [7, 11) is 1.53. The Kier molecular flexibility index (Phi) is 3.28. The van der Waals surface area contributed by atoms with Crippen LogP contribution < -0.4 is 15.4 Å². The molecule has 0 radical (unpaired) electrons. The predicted octanol–water partition coefficient (Wildman–Crippen LogP) is 2.53. The first kappa shape index (κ1) is 14.7. The van der Waals surface area contributed by atoms with Gasteiger partial charge in [-0.2, -0.15) is 0 Å². The quantitative estimate of drug-likeness (QED) is 0.731. The molecule has 3 N–H and O–H groups in total. The first-order valence-electron chi connectivity index (χ1n) is 7.43. The van der Waals surface area contributed by atoms with Crippen LogP contribution in [0.4, 0.5) is 0 Å². The van der Waals surface area contributed by atoms with Crippen molar-refractivity contribution in [3.8, 4) is 11.5 Å². The normalized spacial score (nSPS) is 18.6. The summed E-state index contributed by atoms with van der Waals surface area (Å²) in [5.74, 6) is 0.526. The number of ketones is 1. The highest BCUT2D eigenvalue weighted by atomic mass is 32.1. The van der Waals surface area contributed by atoms with Crippen molar-refractivity contribution >= 4 is 28.8 Å². The van der Waals surface area contributed by atoms with E-state index in [-0.39, 0.29) is 11.5 Å². The second kappa shape index (κ2) is 5.35. The highest BCUT2D eigenvalue weighted by Crippen LogP contribution is 2.42. The van der Waals surface area contributed by atoms with Gasteiger partial charge in [0.25, 0.3) is 0 Å². The number of aromatic hydroxyl groups is 1. The number of phenolic OH excluding ortho intramolecular Hbond substituents is 1. The number of carbonyl (C=O) groups excluding carboxylic acids is 1. The van der Waals surface area contributed by atoms with Crippen molar-refractivity contribution in [1.82, 2.24) is 10.6 Å². The Hall–Kier alpha value is -2.86. The first-order chi connectivity index (χ1) is 11.6.